The van der Waals surface area contributed by atoms with E-state index in [1.807, 2.05) is 45.9 Å². The first kappa shape index (κ1) is 18.1. The van der Waals surface area contributed by atoms with Gasteiger partial charge in [0.05, 0.1) is 5.60 Å². The molecule has 0 atom stereocenters. The summed E-state index contributed by atoms with van der Waals surface area (Å²) in [5.74, 6) is 0. The van der Waals surface area contributed by atoms with E-state index in [-0.39, 0.29) is 0 Å². The number of rotatable bonds is 2. The largest absolute Gasteiger partial charge is 0.389 e. The second-order valence-corrected chi connectivity index (χ2v) is 4.69. The van der Waals surface area contributed by atoms with Crippen molar-refractivity contribution in [2.24, 2.45) is 0 Å². The molecule has 1 aliphatic heterocycles. The van der Waals surface area contributed by atoms with Gasteiger partial charge in [0, 0.05) is 19.5 Å². The van der Waals surface area contributed by atoms with E-state index >= 15 is 0 Å². The van der Waals surface area contributed by atoms with Gasteiger partial charge in [0.25, 0.3) is 0 Å². The van der Waals surface area contributed by atoms with Crippen LogP contribution in [0.25, 0.3) is 0 Å². The molecule has 1 aromatic rings. The maximum Gasteiger partial charge on any atom is 0.0712 e. The van der Waals surface area contributed by atoms with Crippen LogP contribution in [-0.2, 0) is 6.42 Å². The minimum Gasteiger partial charge on any atom is -0.389 e. The third kappa shape index (κ3) is 6.74. The molecule has 1 aliphatic rings. The maximum absolute atomic E-state index is 10.4. The molecule has 0 unspecified atom stereocenters. The van der Waals surface area contributed by atoms with Gasteiger partial charge >= 0.3 is 0 Å². The number of hydrogen-bond donors (Lipinski definition) is 1. The summed E-state index contributed by atoms with van der Waals surface area (Å²) in [6.45, 7) is 10.0. The zero-order chi connectivity index (χ0) is 14.7. The summed E-state index contributed by atoms with van der Waals surface area (Å²) < 4.78 is 0. The number of aliphatic hydroxyl groups is 1. The van der Waals surface area contributed by atoms with Crippen LogP contribution in [-0.4, -0.2) is 35.7 Å². The molecule has 110 valence electrons. The Morgan fingerprint density at radius 2 is 1.47 bits per heavy atom. The molecule has 0 amide bonds. The Labute approximate surface area is 119 Å². The van der Waals surface area contributed by atoms with E-state index < -0.39 is 5.60 Å². The van der Waals surface area contributed by atoms with Crippen LogP contribution in [0.4, 0.5) is 0 Å². The number of likely N-dealkylation sites (tertiary alicyclic amines) is 1. The number of benzene rings is 1. The smallest absolute Gasteiger partial charge is 0.0712 e. The zero-order valence-electron chi connectivity index (χ0n) is 13.3. The molecule has 1 fully saturated rings. The molecule has 0 radical (unpaired) electrons. The molecule has 0 bridgehead atoms. The van der Waals surface area contributed by atoms with E-state index in [0.717, 1.165) is 32.4 Å². The first-order valence-electron chi connectivity index (χ1n) is 7.63. The highest BCUT2D eigenvalue weighted by molar-refractivity contribution is 5.17. The van der Waals surface area contributed by atoms with Gasteiger partial charge in [0.1, 0.15) is 0 Å². The van der Waals surface area contributed by atoms with Gasteiger partial charge in [-0.3, -0.25) is 0 Å². The van der Waals surface area contributed by atoms with Crippen LogP contribution in [0.3, 0.4) is 0 Å². The van der Waals surface area contributed by atoms with Crippen LogP contribution >= 0.6 is 0 Å². The van der Waals surface area contributed by atoms with Crippen molar-refractivity contribution >= 4 is 0 Å². The van der Waals surface area contributed by atoms with Crippen LogP contribution in [0.2, 0.25) is 0 Å². The molecule has 1 saturated heterocycles. The highest BCUT2D eigenvalue weighted by atomic mass is 16.3. The second-order valence-electron chi connectivity index (χ2n) is 4.69. The third-order valence-electron chi connectivity index (χ3n) is 3.29. The molecule has 1 N–H and O–H groups in total. The highest BCUT2D eigenvalue weighted by Gasteiger charge is 2.30. The minimum absolute atomic E-state index is 0.478. The van der Waals surface area contributed by atoms with Gasteiger partial charge in [0.15, 0.2) is 0 Å². The molecule has 1 heterocycles. The van der Waals surface area contributed by atoms with Gasteiger partial charge in [-0.1, -0.05) is 58.0 Å². The SMILES string of the molecule is CC.CC.CN1CCC(O)(Cc2ccccc2)CC1. The van der Waals surface area contributed by atoms with E-state index in [1.54, 1.807) is 0 Å². The lowest BCUT2D eigenvalue weighted by atomic mass is 9.85. The second kappa shape index (κ2) is 9.99. The number of piperidine rings is 1. The van der Waals surface area contributed by atoms with E-state index in [1.165, 1.54) is 5.56 Å². The molecule has 1 aromatic carbocycles. The monoisotopic (exact) mass is 265 g/mol. The Bertz CT molecular complexity index is 302. The van der Waals surface area contributed by atoms with Gasteiger partial charge in [-0.05, 0) is 25.5 Å². The summed E-state index contributed by atoms with van der Waals surface area (Å²) in [5.41, 5.74) is 0.762. The first-order chi connectivity index (χ1) is 9.18. The van der Waals surface area contributed by atoms with Crippen molar-refractivity contribution in [3.8, 4) is 0 Å². The normalized spacial score (nSPS) is 17.6. The highest BCUT2D eigenvalue weighted by Crippen LogP contribution is 2.25. The fourth-order valence-electron chi connectivity index (χ4n) is 2.19. The van der Waals surface area contributed by atoms with Crippen molar-refractivity contribution in [2.45, 2.75) is 52.6 Å². The van der Waals surface area contributed by atoms with E-state index in [9.17, 15) is 5.11 Å². The van der Waals surface area contributed by atoms with Gasteiger partial charge in [0.2, 0.25) is 0 Å². The number of hydrogen-bond acceptors (Lipinski definition) is 2. The van der Waals surface area contributed by atoms with Crippen molar-refractivity contribution in [2.75, 3.05) is 20.1 Å². The van der Waals surface area contributed by atoms with Crippen LogP contribution in [0.1, 0.15) is 46.1 Å². The topological polar surface area (TPSA) is 23.5 Å². The fourth-order valence-corrected chi connectivity index (χ4v) is 2.19. The van der Waals surface area contributed by atoms with Crippen LogP contribution in [0.5, 0.6) is 0 Å². The van der Waals surface area contributed by atoms with Gasteiger partial charge in [-0.2, -0.15) is 0 Å². The average molecular weight is 265 g/mol. The zero-order valence-corrected chi connectivity index (χ0v) is 13.3. The first-order valence-corrected chi connectivity index (χ1v) is 7.63. The lowest BCUT2D eigenvalue weighted by Crippen LogP contribution is -2.44. The van der Waals surface area contributed by atoms with Gasteiger partial charge < -0.3 is 10.0 Å². The predicted molar refractivity (Wildman–Crippen MR) is 84.5 cm³/mol. The summed E-state index contributed by atoms with van der Waals surface area (Å²) in [5, 5.41) is 10.4. The van der Waals surface area contributed by atoms with Crippen LogP contribution in [0.15, 0.2) is 30.3 Å². The summed E-state index contributed by atoms with van der Waals surface area (Å²) in [4.78, 5) is 2.28. The van der Waals surface area contributed by atoms with Crippen molar-refractivity contribution in [1.29, 1.82) is 0 Å². The molecule has 0 spiro atoms. The molecule has 0 aliphatic carbocycles. The van der Waals surface area contributed by atoms with Crippen molar-refractivity contribution in [1.82, 2.24) is 4.90 Å². The Morgan fingerprint density at radius 1 is 1.00 bits per heavy atom. The Balaban J connectivity index is 0.000000741. The number of nitrogens with zero attached hydrogens (tertiary/aromatic N) is 1. The summed E-state index contributed by atoms with van der Waals surface area (Å²) in [6.07, 6.45) is 2.57. The van der Waals surface area contributed by atoms with Crippen LogP contribution in [0, 0.1) is 0 Å². The molecule has 2 nitrogen and oxygen atoms in total. The molecular formula is C17H31NO. The van der Waals surface area contributed by atoms with Crippen molar-refractivity contribution in [3.05, 3.63) is 35.9 Å². The standard InChI is InChI=1S/C13H19NO.2C2H6/c1-14-9-7-13(15,8-10-14)11-12-5-3-2-4-6-12;2*1-2/h2-6,15H,7-11H2,1H3;2*1-2H3. The lowest BCUT2D eigenvalue weighted by molar-refractivity contribution is -0.0150. The molecule has 2 rings (SSSR count). The maximum atomic E-state index is 10.4. The molecule has 19 heavy (non-hydrogen) atoms. The van der Waals surface area contributed by atoms with E-state index in [4.69, 9.17) is 0 Å². The molecule has 0 saturated carbocycles. The predicted octanol–water partition coefficient (Wildman–Crippen LogP) is 3.74. The average Bonchev–Trinajstić information content (AvgIpc) is 2.48. The summed E-state index contributed by atoms with van der Waals surface area (Å²) in [6, 6.07) is 10.3. The van der Waals surface area contributed by atoms with Crippen LogP contribution < -0.4 is 0 Å². The summed E-state index contributed by atoms with van der Waals surface area (Å²) in [7, 11) is 2.11. The third-order valence-corrected chi connectivity index (χ3v) is 3.29. The molecular weight excluding hydrogens is 234 g/mol. The van der Waals surface area contributed by atoms with Crippen molar-refractivity contribution < 1.29 is 5.11 Å². The summed E-state index contributed by atoms with van der Waals surface area (Å²) >= 11 is 0. The van der Waals surface area contributed by atoms with E-state index in [2.05, 4.69) is 24.1 Å². The van der Waals surface area contributed by atoms with Gasteiger partial charge in [-0.15, -0.1) is 0 Å². The Kier molecular flexibility index (Phi) is 9.54. The lowest BCUT2D eigenvalue weighted by Gasteiger charge is -2.36. The fraction of sp³-hybridized carbons (Fsp3) is 0.647. The van der Waals surface area contributed by atoms with E-state index in [0.29, 0.717) is 0 Å². The van der Waals surface area contributed by atoms with Gasteiger partial charge in [-0.25, -0.2) is 0 Å². The quantitative estimate of drug-likeness (QED) is 0.880. The Morgan fingerprint density at radius 3 is 1.95 bits per heavy atom. The Hall–Kier alpha value is -0.860. The molecule has 2 heteroatoms. The minimum atomic E-state index is -0.478. The molecule has 0 aromatic heterocycles. The van der Waals surface area contributed by atoms with Crippen molar-refractivity contribution in [3.63, 3.8) is 0 Å².